The second-order valence-corrected chi connectivity index (χ2v) is 5.64. The maximum absolute atomic E-state index is 12.1. The highest BCUT2D eigenvalue weighted by Crippen LogP contribution is 2.29. The van der Waals surface area contributed by atoms with E-state index in [1.165, 1.54) is 24.0 Å². The topological polar surface area (TPSA) is 42.2 Å². The highest BCUT2D eigenvalue weighted by molar-refractivity contribution is 5.99. The van der Waals surface area contributed by atoms with Crippen molar-refractivity contribution in [1.82, 2.24) is 5.32 Å². The number of hydrogen-bond donors (Lipinski definition) is 1. The fourth-order valence-electron chi connectivity index (χ4n) is 2.33. The first kappa shape index (κ1) is 12.3. The molecule has 3 heteroatoms. The summed E-state index contributed by atoms with van der Waals surface area (Å²) >= 11 is 0. The van der Waals surface area contributed by atoms with Crippen molar-refractivity contribution in [2.75, 3.05) is 6.54 Å². The average molecular weight is 257 g/mol. The minimum absolute atomic E-state index is 0.0871. The Hall–Kier alpha value is -1.77. The van der Waals surface area contributed by atoms with Gasteiger partial charge in [-0.15, -0.1) is 0 Å². The summed E-state index contributed by atoms with van der Waals surface area (Å²) in [4.78, 5) is 12.1. The zero-order valence-corrected chi connectivity index (χ0v) is 11.7. The van der Waals surface area contributed by atoms with Crippen LogP contribution >= 0.6 is 0 Å². The molecule has 2 aromatic rings. The average Bonchev–Trinajstić information content (AvgIpc) is 3.15. The summed E-state index contributed by atoms with van der Waals surface area (Å²) in [5.41, 5.74) is 4.15. The first-order chi connectivity index (χ1) is 9.06. The molecule has 1 saturated carbocycles. The second kappa shape index (κ2) is 4.41. The van der Waals surface area contributed by atoms with Crippen LogP contribution in [-0.2, 0) is 0 Å². The third-order valence-corrected chi connectivity index (χ3v) is 4.01. The zero-order chi connectivity index (χ0) is 13.6. The lowest BCUT2D eigenvalue weighted by Crippen LogP contribution is -2.25. The third-order valence-electron chi connectivity index (χ3n) is 4.01. The van der Waals surface area contributed by atoms with Crippen LogP contribution < -0.4 is 5.32 Å². The first-order valence-electron chi connectivity index (χ1n) is 6.85. The van der Waals surface area contributed by atoms with E-state index < -0.39 is 0 Å². The summed E-state index contributed by atoms with van der Waals surface area (Å²) in [6, 6.07) is 4.11. The molecule has 1 heterocycles. The van der Waals surface area contributed by atoms with Gasteiger partial charge in [0, 0.05) is 17.5 Å². The lowest BCUT2D eigenvalue weighted by atomic mass is 10.1. The molecule has 3 nitrogen and oxygen atoms in total. The van der Waals surface area contributed by atoms with Gasteiger partial charge in [-0.1, -0.05) is 0 Å². The number of aryl methyl sites for hydroxylation is 3. The van der Waals surface area contributed by atoms with Crippen molar-refractivity contribution in [3.8, 4) is 0 Å². The summed E-state index contributed by atoms with van der Waals surface area (Å²) in [5, 5.41) is 4.00. The standard InChI is InChI=1S/C16H19NO2/c1-9-6-13-11(3)15(19-14(13)7-10(9)2)16(18)17-8-12-4-5-12/h6-7,12H,4-5,8H2,1-3H3,(H,17,18). The van der Waals surface area contributed by atoms with Gasteiger partial charge in [-0.2, -0.15) is 0 Å². The smallest absolute Gasteiger partial charge is 0.287 e. The van der Waals surface area contributed by atoms with E-state index in [2.05, 4.69) is 25.2 Å². The lowest BCUT2D eigenvalue weighted by Gasteiger charge is -2.01. The Kier molecular flexibility index (Phi) is 2.85. The number of benzene rings is 1. The van der Waals surface area contributed by atoms with Crippen LogP contribution in [0, 0.1) is 26.7 Å². The maximum Gasteiger partial charge on any atom is 0.287 e. The van der Waals surface area contributed by atoms with E-state index in [0.29, 0.717) is 11.7 Å². The number of amides is 1. The molecule has 1 aliphatic carbocycles. The molecule has 1 aromatic heterocycles. The van der Waals surface area contributed by atoms with Crippen LogP contribution in [0.4, 0.5) is 0 Å². The van der Waals surface area contributed by atoms with E-state index in [1.54, 1.807) is 0 Å². The van der Waals surface area contributed by atoms with E-state index in [4.69, 9.17) is 4.42 Å². The predicted molar refractivity (Wildman–Crippen MR) is 75.5 cm³/mol. The molecule has 0 aliphatic heterocycles. The summed E-state index contributed by atoms with van der Waals surface area (Å²) in [7, 11) is 0. The van der Waals surface area contributed by atoms with Crippen molar-refractivity contribution < 1.29 is 9.21 Å². The first-order valence-corrected chi connectivity index (χ1v) is 6.85. The van der Waals surface area contributed by atoms with E-state index in [9.17, 15) is 4.79 Å². The Bertz CT molecular complexity index is 650. The van der Waals surface area contributed by atoms with Gasteiger partial charge in [0.25, 0.3) is 5.91 Å². The monoisotopic (exact) mass is 257 g/mol. The zero-order valence-electron chi connectivity index (χ0n) is 11.7. The number of fused-ring (bicyclic) bond motifs is 1. The fraction of sp³-hybridized carbons (Fsp3) is 0.438. The Balaban J connectivity index is 1.94. The second-order valence-electron chi connectivity index (χ2n) is 5.64. The summed E-state index contributed by atoms with van der Waals surface area (Å²) in [6.45, 7) is 6.85. The number of nitrogens with one attached hydrogen (secondary N) is 1. The lowest BCUT2D eigenvalue weighted by molar-refractivity contribution is 0.0925. The minimum Gasteiger partial charge on any atom is -0.451 e. The number of carbonyl (C=O) groups excluding carboxylic acids is 1. The van der Waals surface area contributed by atoms with Gasteiger partial charge in [-0.3, -0.25) is 4.79 Å². The molecular formula is C16H19NO2. The van der Waals surface area contributed by atoms with Gasteiger partial charge in [0.05, 0.1) is 0 Å². The highest BCUT2D eigenvalue weighted by atomic mass is 16.3. The van der Waals surface area contributed by atoms with Crippen LogP contribution in [0.5, 0.6) is 0 Å². The van der Waals surface area contributed by atoms with Gasteiger partial charge < -0.3 is 9.73 Å². The van der Waals surface area contributed by atoms with Crippen LogP contribution in [0.2, 0.25) is 0 Å². The molecule has 0 unspecified atom stereocenters. The Labute approximate surface area is 113 Å². The fourth-order valence-corrected chi connectivity index (χ4v) is 2.33. The maximum atomic E-state index is 12.1. The van der Waals surface area contributed by atoms with Crippen LogP contribution in [-0.4, -0.2) is 12.5 Å². The van der Waals surface area contributed by atoms with Gasteiger partial charge in [0.2, 0.25) is 0 Å². The molecule has 0 atom stereocenters. The largest absolute Gasteiger partial charge is 0.451 e. The molecule has 19 heavy (non-hydrogen) atoms. The van der Waals surface area contributed by atoms with Gasteiger partial charge in [0.1, 0.15) is 5.58 Å². The molecule has 3 rings (SSSR count). The van der Waals surface area contributed by atoms with E-state index in [-0.39, 0.29) is 5.91 Å². The van der Waals surface area contributed by atoms with Crippen molar-refractivity contribution in [2.45, 2.75) is 33.6 Å². The van der Waals surface area contributed by atoms with Crippen molar-refractivity contribution in [2.24, 2.45) is 5.92 Å². The molecule has 1 aromatic carbocycles. The molecular weight excluding hydrogens is 238 g/mol. The SMILES string of the molecule is Cc1cc2oc(C(=O)NCC3CC3)c(C)c2cc1C. The molecule has 1 amide bonds. The third kappa shape index (κ3) is 2.25. The highest BCUT2D eigenvalue weighted by Gasteiger charge is 2.24. The number of furan rings is 1. The molecule has 0 saturated heterocycles. The quantitative estimate of drug-likeness (QED) is 0.914. The van der Waals surface area contributed by atoms with Crippen LogP contribution in [0.3, 0.4) is 0 Å². The molecule has 1 aliphatic rings. The molecule has 100 valence electrons. The van der Waals surface area contributed by atoms with E-state index in [0.717, 1.165) is 23.1 Å². The van der Waals surface area contributed by atoms with Crippen molar-refractivity contribution >= 4 is 16.9 Å². The van der Waals surface area contributed by atoms with Crippen LogP contribution in [0.25, 0.3) is 11.0 Å². The van der Waals surface area contributed by atoms with Gasteiger partial charge in [-0.05, 0) is 62.8 Å². The van der Waals surface area contributed by atoms with E-state index in [1.807, 2.05) is 13.0 Å². The van der Waals surface area contributed by atoms with E-state index >= 15 is 0 Å². The molecule has 0 bridgehead atoms. The minimum atomic E-state index is -0.0871. The normalized spacial score (nSPS) is 14.9. The molecule has 0 radical (unpaired) electrons. The predicted octanol–water partition coefficient (Wildman–Crippen LogP) is 3.50. The number of carbonyl (C=O) groups is 1. The summed E-state index contributed by atoms with van der Waals surface area (Å²) < 4.78 is 5.74. The molecule has 0 spiro atoms. The summed E-state index contributed by atoms with van der Waals surface area (Å²) in [6.07, 6.45) is 2.47. The van der Waals surface area contributed by atoms with Gasteiger partial charge in [-0.25, -0.2) is 0 Å². The molecule has 1 N–H and O–H groups in total. The van der Waals surface area contributed by atoms with Gasteiger partial charge >= 0.3 is 0 Å². The van der Waals surface area contributed by atoms with Crippen LogP contribution in [0.1, 0.15) is 40.1 Å². The Morgan fingerprint density at radius 2 is 1.95 bits per heavy atom. The summed E-state index contributed by atoms with van der Waals surface area (Å²) in [5.74, 6) is 1.05. The number of hydrogen-bond acceptors (Lipinski definition) is 2. The van der Waals surface area contributed by atoms with Crippen LogP contribution in [0.15, 0.2) is 16.5 Å². The molecule has 1 fully saturated rings. The van der Waals surface area contributed by atoms with Crippen molar-refractivity contribution in [3.05, 3.63) is 34.6 Å². The van der Waals surface area contributed by atoms with Gasteiger partial charge in [0.15, 0.2) is 5.76 Å². The Morgan fingerprint density at radius 1 is 1.26 bits per heavy atom. The van der Waals surface area contributed by atoms with Crippen molar-refractivity contribution in [3.63, 3.8) is 0 Å². The van der Waals surface area contributed by atoms with Crippen molar-refractivity contribution in [1.29, 1.82) is 0 Å². The number of rotatable bonds is 3. The Morgan fingerprint density at radius 3 is 2.63 bits per heavy atom.